The molecule has 0 aromatic heterocycles. The van der Waals surface area contributed by atoms with Crippen LogP contribution in [0.4, 0.5) is 0 Å². The molecule has 1 amide bonds. The van der Waals surface area contributed by atoms with E-state index in [2.05, 4.69) is 28.2 Å². The summed E-state index contributed by atoms with van der Waals surface area (Å²) in [6.45, 7) is 2.92. The molecule has 0 heterocycles. The van der Waals surface area contributed by atoms with Crippen LogP contribution in [0, 0.1) is 11.8 Å². The van der Waals surface area contributed by atoms with E-state index in [9.17, 15) is 4.79 Å². The third-order valence-electron chi connectivity index (χ3n) is 2.08. The van der Waals surface area contributed by atoms with Gasteiger partial charge in [0.05, 0.1) is 0 Å². The van der Waals surface area contributed by atoms with Crippen LogP contribution in [0.5, 0.6) is 0 Å². The molecule has 1 rings (SSSR count). The van der Waals surface area contributed by atoms with Crippen LogP contribution < -0.4 is 5.32 Å². The second-order valence-electron chi connectivity index (χ2n) is 3.71. The molecule has 0 saturated heterocycles. The minimum atomic E-state index is 0.227. The molecule has 12 heavy (non-hydrogen) atoms. The maximum Gasteiger partial charge on any atom is 0.220 e. The van der Waals surface area contributed by atoms with Crippen LogP contribution in [0.1, 0.15) is 26.2 Å². The number of nitrogens with one attached hydrogen (secondary N) is 1. The number of alkyl halides is 1. The summed E-state index contributed by atoms with van der Waals surface area (Å²) < 4.78 is 0. The Labute approximate surface area is 82.2 Å². The lowest BCUT2D eigenvalue weighted by Crippen LogP contribution is -2.28. The van der Waals surface area contributed by atoms with Crippen LogP contribution in [-0.2, 0) is 4.79 Å². The highest BCUT2D eigenvalue weighted by atomic mass is 79.9. The van der Waals surface area contributed by atoms with Crippen LogP contribution in [-0.4, -0.2) is 17.8 Å². The predicted molar refractivity (Wildman–Crippen MR) is 53.3 cm³/mol. The molecular weight excluding hydrogens is 218 g/mol. The van der Waals surface area contributed by atoms with Gasteiger partial charge in [0.25, 0.3) is 0 Å². The molecule has 2 nitrogen and oxygen atoms in total. The van der Waals surface area contributed by atoms with Crippen LogP contribution in [0.3, 0.4) is 0 Å². The molecule has 1 aliphatic rings. The molecule has 1 unspecified atom stereocenters. The van der Waals surface area contributed by atoms with E-state index < -0.39 is 0 Å². The first-order valence-electron chi connectivity index (χ1n) is 4.55. The molecule has 0 spiro atoms. The number of carbonyl (C=O) groups excluding carboxylic acids is 1. The lowest BCUT2D eigenvalue weighted by atomic mass is 10.2. The van der Waals surface area contributed by atoms with Gasteiger partial charge in [-0.1, -0.05) is 22.9 Å². The van der Waals surface area contributed by atoms with Crippen molar-refractivity contribution in [1.82, 2.24) is 5.32 Å². The largest absolute Gasteiger partial charge is 0.356 e. The van der Waals surface area contributed by atoms with Gasteiger partial charge in [-0.25, -0.2) is 0 Å². The van der Waals surface area contributed by atoms with E-state index in [-0.39, 0.29) is 5.91 Å². The van der Waals surface area contributed by atoms with Gasteiger partial charge in [0.1, 0.15) is 0 Å². The van der Waals surface area contributed by atoms with Gasteiger partial charge in [0, 0.05) is 18.3 Å². The molecular formula is C9H16BrNO. The molecule has 1 saturated carbocycles. The Morgan fingerprint density at radius 1 is 1.67 bits per heavy atom. The third kappa shape index (κ3) is 4.10. The Kier molecular flexibility index (Phi) is 4.06. The summed E-state index contributed by atoms with van der Waals surface area (Å²) >= 11 is 3.38. The molecule has 1 fully saturated rings. The zero-order valence-corrected chi connectivity index (χ0v) is 9.06. The Morgan fingerprint density at radius 2 is 2.33 bits per heavy atom. The molecule has 0 aromatic rings. The van der Waals surface area contributed by atoms with Crippen LogP contribution in [0.2, 0.25) is 0 Å². The molecule has 3 heteroatoms. The Bertz CT molecular complexity index is 157. The first kappa shape index (κ1) is 10.0. The van der Waals surface area contributed by atoms with Crippen molar-refractivity contribution >= 4 is 21.8 Å². The predicted octanol–water partition coefficient (Wildman–Crippen LogP) is 1.93. The molecule has 1 atom stereocenters. The first-order chi connectivity index (χ1) is 5.72. The average molecular weight is 234 g/mol. The molecule has 0 bridgehead atoms. The van der Waals surface area contributed by atoms with E-state index in [0.717, 1.165) is 18.3 Å². The van der Waals surface area contributed by atoms with E-state index in [1.165, 1.54) is 12.8 Å². The van der Waals surface area contributed by atoms with Crippen molar-refractivity contribution in [2.24, 2.45) is 11.8 Å². The number of rotatable bonds is 5. The average Bonchev–Trinajstić information content (AvgIpc) is 2.84. The topological polar surface area (TPSA) is 29.1 Å². The van der Waals surface area contributed by atoms with Gasteiger partial charge in [-0.15, -0.1) is 0 Å². The minimum Gasteiger partial charge on any atom is -0.356 e. The smallest absolute Gasteiger partial charge is 0.220 e. The SMILES string of the molecule is CC(CBr)CNC(=O)CC1CC1. The third-order valence-corrected chi connectivity index (χ3v) is 3.19. The van der Waals surface area contributed by atoms with E-state index in [0.29, 0.717) is 11.8 Å². The quantitative estimate of drug-likeness (QED) is 0.723. The Hall–Kier alpha value is -0.0500. The van der Waals surface area contributed by atoms with Crippen LogP contribution in [0.25, 0.3) is 0 Å². The first-order valence-corrected chi connectivity index (χ1v) is 5.67. The van der Waals surface area contributed by atoms with Gasteiger partial charge in [0.2, 0.25) is 5.91 Å². The minimum absolute atomic E-state index is 0.227. The van der Waals surface area contributed by atoms with Crippen molar-refractivity contribution in [3.63, 3.8) is 0 Å². The van der Waals surface area contributed by atoms with Crippen LogP contribution >= 0.6 is 15.9 Å². The van der Waals surface area contributed by atoms with E-state index in [1.807, 2.05) is 0 Å². The zero-order valence-electron chi connectivity index (χ0n) is 7.48. The summed E-state index contributed by atoms with van der Waals surface area (Å²) in [7, 11) is 0. The lowest BCUT2D eigenvalue weighted by molar-refractivity contribution is -0.121. The number of carbonyl (C=O) groups is 1. The van der Waals surface area contributed by atoms with Gasteiger partial charge in [0.15, 0.2) is 0 Å². The fourth-order valence-corrected chi connectivity index (χ4v) is 1.23. The second kappa shape index (κ2) is 4.85. The maximum absolute atomic E-state index is 11.2. The highest BCUT2D eigenvalue weighted by Gasteiger charge is 2.24. The summed E-state index contributed by atoms with van der Waals surface area (Å²) in [5, 5.41) is 3.89. The van der Waals surface area contributed by atoms with E-state index >= 15 is 0 Å². The number of halogens is 1. The van der Waals surface area contributed by atoms with E-state index in [4.69, 9.17) is 0 Å². The van der Waals surface area contributed by atoms with Gasteiger partial charge >= 0.3 is 0 Å². The molecule has 0 aliphatic heterocycles. The van der Waals surface area contributed by atoms with Gasteiger partial charge in [-0.3, -0.25) is 4.79 Å². The summed E-state index contributed by atoms with van der Waals surface area (Å²) in [6, 6.07) is 0. The van der Waals surface area contributed by atoms with Crippen molar-refractivity contribution in [1.29, 1.82) is 0 Å². The molecule has 0 radical (unpaired) electrons. The summed E-state index contributed by atoms with van der Waals surface area (Å²) in [5.41, 5.74) is 0. The lowest BCUT2D eigenvalue weighted by Gasteiger charge is -2.08. The van der Waals surface area contributed by atoms with Crippen molar-refractivity contribution in [3.05, 3.63) is 0 Å². The Morgan fingerprint density at radius 3 is 2.83 bits per heavy atom. The normalized spacial score (nSPS) is 18.8. The van der Waals surface area contributed by atoms with E-state index in [1.54, 1.807) is 0 Å². The van der Waals surface area contributed by atoms with Crippen LogP contribution in [0.15, 0.2) is 0 Å². The van der Waals surface area contributed by atoms with Gasteiger partial charge < -0.3 is 5.32 Å². The zero-order chi connectivity index (χ0) is 8.97. The molecule has 70 valence electrons. The molecule has 1 aliphatic carbocycles. The van der Waals surface area contributed by atoms with Gasteiger partial charge in [-0.05, 0) is 24.7 Å². The fourth-order valence-electron chi connectivity index (χ4n) is 0.999. The number of hydrogen-bond acceptors (Lipinski definition) is 1. The highest BCUT2D eigenvalue weighted by molar-refractivity contribution is 9.09. The summed E-state index contributed by atoms with van der Waals surface area (Å²) in [4.78, 5) is 11.2. The highest BCUT2D eigenvalue weighted by Crippen LogP contribution is 2.31. The standard InChI is InChI=1S/C9H16BrNO/c1-7(5-10)6-11-9(12)4-8-2-3-8/h7-8H,2-6H2,1H3,(H,11,12). The van der Waals surface area contributed by atoms with Crippen molar-refractivity contribution < 1.29 is 4.79 Å². The van der Waals surface area contributed by atoms with Gasteiger partial charge in [-0.2, -0.15) is 0 Å². The number of hydrogen-bond donors (Lipinski definition) is 1. The van der Waals surface area contributed by atoms with Crippen molar-refractivity contribution in [2.45, 2.75) is 26.2 Å². The van der Waals surface area contributed by atoms with Crippen molar-refractivity contribution in [2.75, 3.05) is 11.9 Å². The summed E-state index contributed by atoms with van der Waals surface area (Å²) in [5.74, 6) is 1.46. The monoisotopic (exact) mass is 233 g/mol. The fraction of sp³-hybridized carbons (Fsp3) is 0.889. The maximum atomic E-state index is 11.2. The molecule has 0 aromatic carbocycles. The number of amides is 1. The summed E-state index contributed by atoms with van der Waals surface area (Å²) in [6.07, 6.45) is 3.25. The second-order valence-corrected chi connectivity index (χ2v) is 4.36. The van der Waals surface area contributed by atoms with Crippen molar-refractivity contribution in [3.8, 4) is 0 Å². The Balaban J connectivity index is 2.00. The molecule has 1 N–H and O–H groups in total.